The zero-order valence-corrected chi connectivity index (χ0v) is 12.6. The van der Waals surface area contributed by atoms with E-state index >= 15 is 0 Å². The van der Waals surface area contributed by atoms with Crippen LogP contribution in [0.1, 0.15) is 30.9 Å². The maximum absolute atomic E-state index is 12.8. The minimum atomic E-state index is -3.44. The normalized spacial score (nSPS) is 16.0. The molecule has 0 saturated heterocycles. The number of rotatable bonds is 5. The second-order valence-corrected chi connectivity index (χ2v) is 7.20. The van der Waals surface area contributed by atoms with Gasteiger partial charge in [-0.2, -0.15) is 4.31 Å². The molecular formula is C14H22N2O2S. The fourth-order valence-corrected chi connectivity index (χ4v) is 4.34. The molecule has 0 heterocycles. The lowest BCUT2D eigenvalue weighted by molar-refractivity contribution is 0.411. The molecule has 106 valence electrons. The molecule has 0 aromatic heterocycles. The Morgan fingerprint density at radius 3 is 2.47 bits per heavy atom. The van der Waals surface area contributed by atoms with Crippen LogP contribution in [0.3, 0.4) is 0 Å². The van der Waals surface area contributed by atoms with Crippen molar-refractivity contribution in [2.24, 2.45) is 5.92 Å². The van der Waals surface area contributed by atoms with Crippen molar-refractivity contribution in [3.8, 4) is 0 Å². The third-order valence-electron chi connectivity index (χ3n) is 3.75. The van der Waals surface area contributed by atoms with Crippen molar-refractivity contribution in [2.45, 2.75) is 38.5 Å². The van der Waals surface area contributed by atoms with E-state index in [1.807, 2.05) is 13.8 Å². The highest BCUT2D eigenvalue weighted by molar-refractivity contribution is 7.89. The quantitative estimate of drug-likeness (QED) is 0.843. The smallest absolute Gasteiger partial charge is 0.243 e. The van der Waals surface area contributed by atoms with Gasteiger partial charge in [0.1, 0.15) is 0 Å². The number of nitrogens with zero attached hydrogens (tertiary/aromatic N) is 1. The van der Waals surface area contributed by atoms with Crippen LogP contribution in [0.2, 0.25) is 0 Å². The van der Waals surface area contributed by atoms with Crippen molar-refractivity contribution in [3.63, 3.8) is 0 Å². The summed E-state index contributed by atoms with van der Waals surface area (Å²) in [6, 6.07) is 3.54. The summed E-state index contributed by atoms with van der Waals surface area (Å²) in [7, 11) is -3.44. The lowest BCUT2D eigenvalue weighted by Crippen LogP contribution is -2.33. The molecule has 1 aromatic rings. The van der Waals surface area contributed by atoms with Crippen LogP contribution in [-0.2, 0) is 10.0 Å². The summed E-state index contributed by atoms with van der Waals surface area (Å²) in [5.74, 6) is 0.538. The molecule has 0 atom stereocenters. The first-order chi connectivity index (χ1) is 8.87. The predicted octanol–water partition coefficient (Wildman–Crippen LogP) is 2.31. The number of aryl methyl sites for hydroxylation is 1. The van der Waals surface area contributed by atoms with Crippen molar-refractivity contribution >= 4 is 15.7 Å². The Morgan fingerprint density at radius 1 is 1.32 bits per heavy atom. The average molecular weight is 282 g/mol. The van der Waals surface area contributed by atoms with Gasteiger partial charge >= 0.3 is 0 Å². The number of nitrogen functional groups attached to an aromatic ring is 1. The van der Waals surface area contributed by atoms with Crippen LogP contribution < -0.4 is 5.73 Å². The second kappa shape index (κ2) is 5.13. The molecule has 1 aliphatic rings. The summed E-state index contributed by atoms with van der Waals surface area (Å²) in [4.78, 5) is 0.384. The lowest BCUT2D eigenvalue weighted by atomic mass is 10.1. The molecule has 1 fully saturated rings. The molecule has 0 aliphatic heterocycles. The van der Waals surface area contributed by atoms with E-state index in [1.165, 1.54) is 0 Å². The Bertz CT molecular complexity index is 577. The van der Waals surface area contributed by atoms with Crippen LogP contribution in [0.15, 0.2) is 17.0 Å². The van der Waals surface area contributed by atoms with Crippen LogP contribution in [0.25, 0.3) is 0 Å². The van der Waals surface area contributed by atoms with Gasteiger partial charge in [0.15, 0.2) is 0 Å². The van der Waals surface area contributed by atoms with Crippen molar-refractivity contribution in [3.05, 3.63) is 23.3 Å². The summed E-state index contributed by atoms with van der Waals surface area (Å²) in [6.45, 7) is 6.63. The van der Waals surface area contributed by atoms with Gasteiger partial charge in [-0.25, -0.2) is 8.42 Å². The Labute approximate surface area is 115 Å². The molecule has 0 radical (unpaired) electrons. The van der Waals surface area contributed by atoms with Crippen molar-refractivity contribution in [1.29, 1.82) is 0 Å². The highest BCUT2D eigenvalue weighted by atomic mass is 32.2. The molecule has 0 spiro atoms. The fraction of sp³-hybridized carbons (Fsp3) is 0.571. The molecule has 1 aromatic carbocycles. The first kappa shape index (κ1) is 14.3. The summed E-state index contributed by atoms with van der Waals surface area (Å²) in [6.07, 6.45) is 2.28. The van der Waals surface area contributed by atoms with Crippen molar-refractivity contribution in [2.75, 3.05) is 18.8 Å². The third kappa shape index (κ3) is 2.77. The van der Waals surface area contributed by atoms with Crippen LogP contribution in [0.4, 0.5) is 5.69 Å². The molecular weight excluding hydrogens is 260 g/mol. The largest absolute Gasteiger partial charge is 0.398 e. The minimum Gasteiger partial charge on any atom is -0.398 e. The van der Waals surface area contributed by atoms with E-state index in [0.717, 1.165) is 18.4 Å². The third-order valence-corrected chi connectivity index (χ3v) is 5.99. The van der Waals surface area contributed by atoms with Gasteiger partial charge in [-0.15, -0.1) is 0 Å². The molecule has 19 heavy (non-hydrogen) atoms. The van der Waals surface area contributed by atoms with E-state index in [4.69, 9.17) is 5.73 Å². The summed E-state index contributed by atoms with van der Waals surface area (Å²) in [5.41, 5.74) is 7.82. The van der Waals surface area contributed by atoms with Gasteiger partial charge in [0.2, 0.25) is 10.0 Å². The molecule has 0 unspecified atom stereocenters. The number of benzene rings is 1. The lowest BCUT2D eigenvalue weighted by Gasteiger charge is -2.23. The Hall–Kier alpha value is -1.07. The number of hydrogen-bond donors (Lipinski definition) is 1. The van der Waals surface area contributed by atoms with Gasteiger partial charge in [0, 0.05) is 18.8 Å². The van der Waals surface area contributed by atoms with Crippen molar-refractivity contribution in [1.82, 2.24) is 4.31 Å². The van der Waals surface area contributed by atoms with E-state index in [1.54, 1.807) is 23.4 Å². The Morgan fingerprint density at radius 2 is 1.95 bits per heavy atom. The molecule has 1 aliphatic carbocycles. The zero-order valence-electron chi connectivity index (χ0n) is 11.8. The molecule has 1 saturated carbocycles. The summed E-state index contributed by atoms with van der Waals surface area (Å²) in [5, 5.41) is 0. The first-order valence-corrected chi connectivity index (χ1v) is 8.17. The van der Waals surface area contributed by atoms with Crippen LogP contribution in [0.5, 0.6) is 0 Å². The van der Waals surface area contributed by atoms with Gasteiger partial charge in [0.05, 0.1) is 4.90 Å². The van der Waals surface area contributed by atoms with E-state index in [9.17, 15) is 8.42 Å². The first-order valence-electron chi connectivity index (χ1n) is 6.73. The van der Waals surface area contributed by atoms with Crippen LogP contribution >= 0.6 is 0 Å². The topological polar surface area (TPSA) is 63.4 Å². The van der Waals surface area contributed by atoms with Gasteiger partial charge in [-0.3, -0.25) is 0 Å². The van der Waals surface area contributed by atoms with Gasteiger partial charge in [-0.1, -0.05) is 13.0 Å². The highest BCUT2D eigenvalue weighted by Crippen LogP contribution is 2.33. The second-order valence-electron chi connectivity index (χ2n) is 5.32. The SMILES string of the molecule is CCN(CC1CC1)S(=O)(=O)c1c(C)ccc(N)c1C. The summed E-state index contributed by atoms with van der Waals surface area (Å²) < 4.78 is 27.2. The zero-order chi connectivity index (χ0) is 14.2. The Kier molecular flexibility index (Phi) is 3.87. The predicted molar refractivity (Wildman–Crippen MR) is 77.5 cm³/mol. The number of sulfonamides is 1. The molecule has 5 heteroatoms. The van der Waals surface area contributed by atoms with Gasteiger partial charge < -0.3 is 5.73 Å². The minimum absolute atomic E-state index is 0.384. The fourth-order valence-electron chi connectivity index (χ4n) is 2.35. The number of anilines is 1. The highest BCUT2D eigenvalue weighted by Gasteiger charge is 2.32. The number of hydrogen-bond acceptors (Lipinski definition) is 3. The van der Waals surface area contributed by atoms with E-state index in [-0.39, 0.29) is 0 Å². The monoisotopic (exact) mass is 282 g/mol. The molecule has 0 bridgehead atoms. The van der Waals surface area contributed by atoms with Gasteiger partial charge in [-0.05, 0) is 49.8 Å². The molecule has 2 rings (SSSR count). The standard InChI is InChI=1S/C14H22N2O2S/c1-4-16(9-12-6-7-12)19(17,18)14-10(2)5-8-13(15)11(14)3/h5,8,12H,4,6-7,9,15H2,1-3H3. The van der Waals surface area contributed by atoms with E-state index in [0.29, 0.717) is 35.2 Å². The maximum atomic E-state index is 12.8. The maximum Gasteiger partial charge on any atom is 0.243 e. The molecule has 4 nitrogen and oxygen atoms in total. The van der Waals surface area contributed by atoms with Crippen LogP contribution in [0, 0.1) is 19.8 Å². The Balaban J connectivity index is 2.45. The van der Waals surface area contributed by atoms with Crippen molar-refractivity contribution < 1.29 is 8.42 Å². The van der Waals surface area contributed by atoms with E-state index < -0.39 is 10.0 Å². The van der Waals surface area contributed by atoms with Gasteiger partial charge in [0.25, 0.3) is 0 Å². The molecule has 2 N–H and O–H groups in total. The molecule has 0 amide bonds. The average Bonchev–Trinajstić information content (AvgIpc) is 3.14. The summed E-state index contributed by atoms with van der Waals surface area (Å²) >= 11 is 0. The van der Waals surface area contributed by atoms with E-state index in [2.05, 4.69) is 0 Å². The number of nitrogens with two attached hydrogens (primary N) is 1. The van der Waals surface area contributed by atoms with Crippen LogP contribution in [-0.4, -0.2) is 25.8 Å².